The number of ether oxygens (including phenoxy) is 1. The topological polar surface area (TPSA) is 55.4 Å². The second-order valence-electron chi connectivity index (χ2n) is 5.06. The Kier molecular flexibility index (Phi) is 6.10. The van der Waals surface area contributed by atoms with Crippen molar-refractivity contribution in [2.45, 2.75) is 12.8 Å². The Labute approximate surface area is 140 Å². The lowest BCUT2D eigenvalue weighted by Crippen LogP contribution is -2.22. The number of rotatable bonds is 6. The molecule has 0 atom stereocenters. The molecule has 0 aliphatic carbocycles. The summed E-state index contributed by atoms with van der Waals surface area (Å²) in [4.78, 5) is 23.1. The first-order chi connectivity index (χ1) is 11.9. The Morgan fingerprint density at radius 2 is 1.60 bits per heavy atom. The average molecular weight is 355 g/mol. The van der Waals surface area contributed by atoms with Crippen molar-refractivity contribution in [3.8, 4) is 0 Å². The van der Waals surface area contributed by atoms with E-state index in [4.69, 9.17) is 4.74 Å². The van der Waals surface area contributed by atoms with E-state index in [9.17, 15) is 27.2 Å². The summed E-state index contributed by atoms with van der Waals surface area (Å²) >= 11 is 0. The van der Waals surface area contributed by atoms with Gasteiger partial charge in [0.05, 0.1) is 5.69 Å². The molecule has 4 nitrogen and oxygen atoms in total. The van der Waals surface area contributed by atoms with E-state index in [0.29, 0.717) is 18.1 Å². The van der Waals surface area contributed by atoms with E-state index in [0.717, 1.165) is 6.07 Å². The number of hydrogen-bond donors (Lipinski definition) is 1. The number of nitrogens with one attached hydrogen (secondary N) is 1. The number of amides is 1. The molecule has 0 fully saturated rings. The van der Waals surface area contributed by atoms with Gasteiger partial charge in [-0.2, -0.15) is 0 Å². The van der Waals surface area contributed by atoms with Gasteiger partial charge in [-0.1, -0.05) is 12.1 Å². The lowest BCUT2D eigenvalue weighted by atomic mass is 10.1. The Balaban J connectivity index is 1.78. The maximum absolute atomic E-state index is 13.4. The van der Waals surface area contributed by atoms with Crippen molar-refractivity contribution in [3.05, 3.63) is 65.2 Å². The summed E-state index contributed by atoms with van der Waals surface area (Å²) in [5, 5.41) is 1.97. The quantitative estimate of drug-likeness (QED) is 0.491. The van der Waals surface area contributed by atoms with E-state index in [1.807, 2.05) is 5.32 Å². The molecule has 0 aromatic heterocycles. The fraction of sp³-hybridized carbons (Fsp3) is 0.176. The van der Waals surface area contributed by atoms with Crippen LogP contribution in [0.2, 0.25) is 0 Å². The number of aryl methyl sites for hydroxylation is 1. The first-order valence-electron chi connectivity index (χ1n) is 7.20. The highest BCUT2D eigenvalue weighted by molar-refractivity contribution is 5.92. The first-order valence-corrected chi connectivity index (χ1v) is 7.20. The molecule has 0 radical (unpaired) electrons. The van der Waals surface area contributed by atoms with Gasteiger partial charge in [0.1, 0.15) is 5.82 Å². The zero-order valence-electron chi connectivity index (χ0n) is 12.8. The molecule has 2 rings (SSSR count). The van der Waals surface area contributed by atoms with Gasteiger partial charge in [-0.25, -0.2) is 17.6 Å². The fourth-order valence-electron chi connectivity index (χ4n) is 1.92. The predicted octanol–water partition coefficient (Wildman–Crippen LogP) is 3.36. The molecule has 1 amide bonds. The van der Waals surface area contributed by atoms with Gasteiger partial charge in [0.15, 0.2) is 24.1 Å². The zero-order valence-corrected chi connectivity index (χ0v) is 12.8. The predicted molar refractivity (Wildman–Crippen MR) is 80.6 cm³/mol. The first kappa shape index (κ1) is 18.4. The zero-order chi connectivity index (χ0) is 18.4. The third-order valence-corrected chi connectivity index (χ3v) is 3.20. The molecular weight excluding hydrogens is 342 g/mol. The summed E-state index contributed by atoms with van der Waals surface area (Å²) in [5.41, 5.74) is 0.151. The summed E-state index contributed by atoms with van der Waals surface area (Å²) in [6, 6.07) is 7.04. The lowest BCUT2D eigenvalue weighted by molar-refractivity contribution is -0.147. The van der Waals surface area contributed by atoms with Crippen LogP contribution in [-0.2, 0) is 20.7 Å². The van der Waals surface area contributed by atoms with Crippen molar-refractivity contribution in [2.24, 2.45) is 0 Å². The molecule has 0 heterocycles. The van der Waals surface area contributed by atoms with Crippen LogP contribution < -0.4 is 5.32 Å². The normalized spacial score (nSPS) is 10.4. The molecule has 0 saturated heterocycles. The summed E-state index contributed by atoms with van der Waals surface area (Å²) < 4.78 is 56.6. The number of carbonyl (C=O) groups excluding carboxylic acids is 2. The smallest absolute Gasteiger partial charge is 0.306 e. The maximum atomic E-state index is 13.4. The number of halogens is 4. The van der Waals surface area contributed by atoms with Crippen molar-refractivity contribution in [1.82, 2.24) is 0 Å². The van der Waals surface area contributed by atoms with Crippen LogP contribution in [0.5, 0.6) is 0 Å². The van der Waals surface area contributed by atoms with E-state index in [1.165, 1.54) is 24.3 Å². The molecule has 0 saturated carbocycles. The summed E-state index contributed by atoms with van der Waals surface area (Å²) in [6.07, 6.45) is 0.247. The molecule has 0 aliphatic rings. The van der Waals surface area contributed by atoms with Crippen molar-refractivity contribution < 1.29 is 31.9 Å². The van der Waals surface area contributed by atoms with Crippen molar-refractivity contribution >= 4 is 17.6 Å². The van der Waals surface area contributed by atoms with E-state index in [1.54, 1.807) is 0 Å². The van der Waals surface area contributed by atoms with E-state index < -0.39 is 47.4 Å². The highest BCUT2D eigenvalue weighted by atomic mass is 19.2. The maximum Gasteiger partial charge on any atom is 0.306 e. The molecule has 0 aliphatic heterocycles. The number of anilines is 1. The van der Waals surface area contributed by atoms with E-state index >= 15 is 0 Å². The third kappa shape index (κ3) is 5.30. The molecule has 2 aromatic rings. The molecule has 8 heteroatoms. The van der Waals surface area contributed by atoms with Crippen LogP contribution in [-0.4, -0.2) is 18.5 Å². The van der Waals surface area contributed by atoms with Gasteiger partial charge in [0, 0.05) is 6.42 Å². The fourth-order valence-corrected chi connectivity index (χ4v) is 1.92. The summed E-state index contributed by atoms with van der Waals surface area (Å²) in [5.74, 6) is -6.63. The van der Waals surface area contributed by atoms with Crippen molar-refractivity contribution in [2.75, 3.05) is 11.9 Å². The lowest BCUT2D eigenvalue weighted by Gasteiger charge is -2.08. The molecule has 132 valence electrons. The average Bonchev–Trinajstić information content (AvgIpc) is 2.60. The standard InChI is InChI=1S/C17H13F4NO3/c18-11-4-1-10(2-5-11)3-8-15(24)25-9-14(23)22-13-7-6-12(19)16(20)17(13)21/h1-2,4-7H,3,8-9H2,(H,22,23). The highest BCUT2D eigenvalue weighted by Crippen LogP contribution is 2.19. The van der Waals surface area contributed by atoms with Crippen LogP contribution in [0.4, 0.5) is 23.2 Å². The van der Waals surface area contributed by atoms with Crippen LogP contribution in [0, 0.1) is 23.3 Å². The second kappa shape index (κ2) is 8.27. The highest BCUT2D eigenvalue weighted by Gasteiger charge is 2.16. The minimum atomic E-state index is -1.71. The van der Waals surface area contributed by atoms with Crippen LogP contribution in [0.25, 0.3) is 0 Å². The molecule has 1 N–H and O–H groups in total. The summed E-state index contributed by atoms with van der Waals surface area (Å²) in [7, 11) is 0. The van der Waals surface area contributed by atoms with Gasteiger partial charge in [-0.15, -0.1) is 0 Å². The minimum absolute atomic E-state index is 0.0432. The van der Waals surface area contributed by atoms with Crippen LogP contribution in [0.3, 0.4) is 0 Å². The van der Waals surface area contributed by atoms with Gasteiger partial charge < -0.3 is 10.1 Å². The molecule has 0 unspecified atom stereocenters. The number of esters is 1. The van der Waals surface area contributed by atoms with Gasteiger partial charge in [0.25, 0.3) is 5.91 Å². The monoisotopic (exact) mass is 355 g/mol. The minimum Gasteiger partial charge on any atom is -0.456 e. The number of benzene rings is 2. The Bertz CT molecular complexity index is 778. The SMILES string of the molecule is O=C(COC(=O)CCc1ccc(F)cc1)Nc1ccc(F)c(F)c1F. The van der Waals surface area contributed by atoms with Gasteiger partial charge in [-0.05, 0) is 36.2 Å². The molecule has 25 heavy (non-hydrogen) atoms. The van der Waals surface area contributed by atoms with Gasteiger partial charge >= 0.3 is 5.97 Å². The Hall–Kier alpha value is -2.90. The second-order valence-corrected chi connectivity index (χ2v) is 5.06. The largest absolute Gasteiger partial charge is 0.456 e. The van der Waals surface area contributed by atoms with Crippen LogP contribution >= 0.6 is 0 Å². The Morgan fingerprint density at radius 1 is 0.920 bits per heavy atom. The third-order valence-electron chi connectivity index (χ3n) is 3.20. The van der Waals surface area contributed by atoms with Crippen LogP contribution in [0.15, 0.2) is 36.4 Å². The van der Waals surface area contributed by atoms with E-state index in [2.05, 4.69) is 0 Å². The summed E-state index contributed by atoms with van der Waals surface area (Å²) in [6.45, 7) is -0.708. The Morgan fingerprint density at radius 3 is 2.28 bits per heavy atom. The molecular formula is C17H13F4NO3. The molecule has 2 aromatic carbocycles. The number of hydrogen-bond acceptors (Lipinski definition) is 3. The van der Waals surface area contributed by atoms with Gasteiger partial charge in [0.2, 0.25) is 0 Å². The van der Waals surface area contributed by atoms with Gasteiger partial charge in [-0.3, -0.25) is 9.59 Å². The molecule has 0 bridgehead atoms. The van der Waals surface area contributed by atoms with Crippen LogP contribution in [0.1, 0.15) is 12.0 Å². The number of carbonyl (C=O) groups is 2. The van der Waals surface area contributed by atoms with E-state index in [-0.39, 0.29) is 6.42 Å². The molecule has 0 spiro atoms. The van der Waals surface area contributed by atoms with Crippen molar-refractivity contribution in [3.63, 3.8) is 0 Å². The van der Waals surface area contributed by atoms with Crippen molar-refractivity contribution in [1.29, 1.82) is 0 Å².